The molecule has 6 nitrogen and oxygen atoms in total. The number of nitrogens with zero attached hydrogens (tertiary/aromatic N) is 2. The number of amides is 1. The van der Waals surface area contributed by atoms with Gasteiger partial charge in [0.15, 0.2) is 0 Å². The Morgan fingerprint density at radius 2 is 2.05 bits per heavy atom. The Balaban J connectivity index is 2.24. The summed E-state index contributed by atoms with van der Waals surface area (Å²) in [5, 5.41) is 20.6. The summed E-state index contributed by atoms with van der Waals surface area (Å²) in [6.07, 6.45) is 1.84. The maximum Gasteiger partial charge on any atom is 0.311 e. The van der Waals surface area contributed by atoms with Crippen LogP contribution in [0.5, 0.6) is 5.75 Å². The number of aromatic hydroxyl groups is 1. The zero-order chi connectivity index (χ0) is 14.0. The molecule has 1 heterocycles. The normalized spacial score (nSPS) is 16.4. The molecule has 1 aromatic rings. The van der Waals surface area contributed by atoms with Gasteiger partial charge in [-0.25, -0.2) is 0 Å². The Kier molecular flexibility index (Phi) is 3.69. The summed E-state index contributed by atoms with van der Waals surface area (Å²) in [6.45, 7) is 3.39. The molecule has 0 atom stereocenters. The Labute approximate surface area is 110 Å². The molecule has 19 heavy (non-hydrogen) atoms. The van der Waals surface area contributed by atoms with Crippen LogP contribution in [-0.2, 0) is 0 Å². The van der Waals surface area contributed by atoms with Gasteiger partial charge >= 0.3 is 5.69 Å². The van der Waals surface area contributed by atoms with E-state index in [0.717, 1.165) is 12.8 Å². The lowest BCUT2D eigenvalue weighted by Gasteiger charge is -2.30. The third-order valence-electron chi connectivity index (χ3n) is 3.51. The number of hydrogen-bond acceptors (Lipinski definition) is 4. The van der Waals surface area contributed by atoms with Gasteiger partial charge in [-0.3, -0.25) is 14.9 Å². The molecular weight excluding hydrogens is 248 g/mol. The molecule has 0 aliphatic carbocycles. The van der Waals surface area contributed by atoms with Gasteiger partial charge in [-0.1, -0.05) is 13.0 Å². The zero-order valence-corrected chi connectivity index (χ0v) is 10.7. The van der Waals surface area contributed by atoms with E-state index >= 15 is 0 Å². The van der Waals surface area contributed by atoms with Gasteiger partial charge in [-0.15, -0.1) is 0 Å². The first-order chi connectivity index (χ1) is 9.00. The second-order valence-corrected chi connectivity index (χ2v) is 4.91. The van der Waals surface area contributed by atoms with Crippen LogP contribution in [-0.4, -0.2) is 33.9 Å². The van der Waals surface area contributed by atoms with Gasteiger partial charge in [0.25, 0.3) is 5.91 Å². The van der Waals surface area contributed by atoms with Gasteiger partial charge in [-0.05, 0) is 24.8 Å². The Morgan fingerprint density at radius 1 is 1.42 bits per heavy atom. The molecule has 0 saturated carbocycles. The standard InChI is InChI=1S/C13H16N2O4/c1-9-5-7-14(8-6-9)13(17)10-3-2-4-11(12(10)16)15(18)19/h2-4,9,16H,5-8H2,1H3. The number of nitro groups is 1. The van der Waals surface area contributed by atoms with Crippen LogP contribution in [0.4, 0.5) is 5.69 Å². The van der Waals surface area contributed by atoms with Crippen molar-refractivity contribution in [1.82, 2.24) is 4.90 Å². The summed E-state index contributed by atoms with van der Waals surface area (Å²) >= 11 is 0. The highest BCUT2D eigenvalue weighted by Crippen LogP contribution is 2.31. The molecule has 1 aliphatic heterocycles. The van der Waals surface area contributed by atoms with Crippen molar-refractivity contribution in [3.05, 3.63) is 33.9 Å². The van der Waals surface area contributed by atoms with Gasteiger partial charge in [0, 0.05) is 19.2 Å². The number of carbonyl (C=O) groups is 1. The van der Waals surface area contributed by atoms with Crippen LogP contribution in [0.25, 0.3) is 0 Å². The lowest BCUT2D eigenvalue weighted by Crippen LogP contribution is -2.37. The van der Waals surface area contributed by atoms with E-state index in [1.54, 1.807) is 4.90 Å². The topological polar surface area (TPSA) is 83.7 Å². The fourth-order valence-electron chi connectivity index (χ4n) is 2.23. The van der Waals surface area contributed by atoms with Crippen LogP contribution in [0.3, 0.4) is 0 Å². The molecule has 1 N–H and O–H groups in total. The molecule has 1 aromatic carbocycles. The van der Waals surface area contributed by atoms with Crippen LogP contribution in [0.1, 0.15) is 30.1 Å². The highest BCUT2D eigenvalue weighted by Gasteiger charge is 2.26. The van der Waals surface area contributed by atoms with Gasteiger partial charge in [0.2, 0.25) is 5.75 Å². The van der Waals surface area contributed by atoms with Crippen molar-refractivity contribution in [1.29, 1.82) is 0 Å². The number of rotatable bonds is 2. The Hall–Kier alpha value is -2.11. The smallest absolute Gasteiger partial charge is 0.311 e. The lowest BCUT2D eigenvalue weighted by atomic mass is 9.98. The van der Waals surface area contributed by atoms with E-state index in [2.05, 4.69) is 6.92 Å². The van der Waals surface area contributed by atoms with Crippen molar-refractivity contribution in [3.63, 3.8) is 0 Å². The van der Waals surface area contributed by atoms with Crippen molar-refractivity contribution in [3.8, 4) is 5.75 Å². The minimum Gasteiger partial charge on any atom is -0.502 e. The molecule has 0 bridgehead atoms. The molecule has 102 valence electrons. The van der Waals surface area contributed by atoms with Crippen molar-refractivity contribution in [2.24, 2.45) is 5.92 Å². The van der Waals surface area contributed by atoms with E-state index in [4.69, 9.17) is 0 Å². The number of phenolic OH excluding ortho intramolecular Hbond substituents is 1. The van der Waals surface area contributed by atoms with Gasteiger partial charge < -0.3 is 10.0 Å². The highest BCUT2D eigenvalue weighted by atomic mass is 16.6. The number of nitro benzene ring substituents is 1. The predicted octanol–water partition coefficient (Wildman–Crippen LogP) is 2.17. The van der Waals surface area contributed by atoms with E-state index in [1.807, 2.05) is 0 Å². The summed E-state index contributed by atoms with van der Waals surface area (Å²) in [6, 6.07) is 4.02. The number of benzene rings is 1. The van der Waals surface area contributed by atoms with Crippen LogP contribution in [0, 0.1) is 16.0 Å². The highest BCUT2D eigenvalue weighted by molar-refractivity contribution is 5.98. The number of carbonyl (C=O) groups excluding carboxylic acids is 1. The summed E-state index contributed by atoms with van der Waals surface area (Å²) in [5.41, 5.74) is -0.431. The zero-order valence-electron chi connectivity index (χ0n) is 10.7. The fourth-order valence-corrected chi connectivity index (χ4v) is 2.23. The molecule has 0 spiro atoms. The summed E-state index contributed by atoms with van der Waals surface area (Å²) in [7, 11) is 0. The van der Waals surface area contributed by atoms with Crippen molar-refractivity contribution < 1.29 is 14.8 Å². The summed E-state index contributed by atoms with van der Waals surface area (Å²) in [5.74, 6) is -0.299. The van der Waals surface area contributed by atoms with Crippen LogP contribution >= 0.6 is 0 Å². The van der Waals surface area contributed by atoms with E-state index in [-0.39, 0.29) is 11.5 Å². The average Bonchev–Trinajstić information content (AvgIpc) is 2.38. The van der Waals surface area contributed by atoms with Crippen LogP contribution in [0.2, 0.25) is 0 Å². The molecule has 6 heteroatoms. The first-order valence-corrected chi connectivity index (χ1v) is 6.26. The van der Waals surface area contributed by atoms with Gasteiger partial charge in [0.1, 0.15) is 0 Å². The van der Waals surface area contributed by atoms with E-state index in [1.165, 1.54) is 18.2 Å². The molecule has 0 unspecified atom stereocenters. The largest absolute Gasteiger partial charge is 0.502 e. The number of piperidine rings is 1. The Morgan fingerprint density at radius 3 is 2.63 bits per heavy atom. The molecular formula is C13H16N2O4. The first-order valence-electron chi connectivity index (χ1n) is 6.26. The van der Waals surface area contributed by atoms with E-state index in [0.29, 0.717) is 19.0 Å². The molecule has 0 aromatic heterocycles. The monoisotopic (exact) mass is 264 g/mol. The Bertz CT molecular complexity index is 507. The number of para-hydroxylation sites is 1. The van der Waals surface area contributed by atoms with Crippen LogP contribution in [0.15, 0.2) is 18.2 Å². The number of phenols is 1. The minimum atomic E-state index is -0.690. The summed E-state index contributed by atoms with van der Waals surface area (Å²) in [4.78, 5) is 23.9. The number of hydrogen-bond donors (Lipinski definition) is 1. The summed E-state index contributed by atoms with van der Waals surface area (Å²) < 4.78 is 0. The van der Waals surface area contributed by atoms with E-state index < -0.39 is 16.4 Å². The average molecular weight is 264 g/mol. The van der Waals surface area contributed by atoms with E-state index in [9.17, 15) is 20.0 Å². The van der Waals surface area contributed by atoms with Crippen molar-refractivity contribution in [2.75, 3.05) is 13.1 Å². The SMILES string of the molecule is CC1CCN(C(=O)c2cccc([N+](=O)[O-])c2O)CC1. The van der Waals surface area contributed by atoms with Crippen molar-refractivity contribution in [2.45, 2.75) is 19.8 Å². The molecule has 1 aliphatic rings. The van der Waals surface area contributed by atoms with Gasteiger partial charge in [-0.2, -0.15) is 0 Å². The predicted molar refractivity (Wildman–Crippen MR) is 69.1 cm³/mol. The minimum absolute atomic E-state index is 0.00348. The lowest BCUT2D eigenvalue weighted by molar-refractivity contribution is -0.385. The maximum absolute atomic E-state index is 12.2. The first kappa shape index (κ1) is 13.3. The van der Waals surface area contributed by atoms with Crippen molar-refractivity contribution >= 4 is 11.6 Å². The second-order valence-electron chi connectivity index (χ2n) is 4.91. The molecule has 1 fully saturated rings. The third kappa shape index (κ3) is 2.67. The molecule has 2 rings (SSSR count). The number of likely N-dealkylation sites (tertiary alicyclic amines) is 1. The third-order valence-corrected chi connectivity index (χ3v) is 3.51. The molecule has 0 radical (unpaired) electrons. The quantitative estimate of drug-likeness (QED) is 0.655. The van der Waals surface area contributed by atoms with Gasteiger partial charge in [0.05, 0.1) is 10.5 Å². The fraction of sp³-hybridized carbons (Fsp3) is 0.462. The molecule has 1 amide bonds. The molecule has 1 saturated heterocycles. The van der Waals surface area contributed by atoms with Crippen LogP contribution < -0.4 is 0 Å². The maximum atomic E-state index is 12.2. The second kappa shape index (κ2) is 5.26.